The summed E-state index contributed by atoms with van der Waals surface area (Å²) in [6.07, 6.45) is -4.03. The summed E-state index contributed by atoms with van der Waals surface area (Å²) >= 11 is 7.17. The number of nitriles is 1. The molecular formula is C55H68F3N7O11S2. The molecule has 2 aliphatic rings. The zero-order chi connectivity index (χ0) is 56.6. The van der Waals surface area contributed by atoms with Crippen molar-refractivity contribution in [3.05, 3.63) is 94.6 Å². The molecule has 0 saturated carbocycles. The Morgan fingerprint density at radius 3 is 2.04 bits per heavy atom. The molecule has 2 aliphatic heterocycles. The smallest absolute Gasteiger partial charge is 0.417 e. The first-order valence-electron chi connectivity index (χ1n) is 25.6. The van der Waals surface area contributed by atoms with E-state index in [0.717, 1.165) is 51.6 Å². The summed E-state index contributed by atoms with van der Waals surface area (Å²) in [7, 11) is 0. The minimum atomic E-state index is -4.80. The van der Waals surface area contributed by atoms with Crippen LogP contribution >= 0.6 is 23.6 Å². The number of hydrogen-bond acceptors (Lipinski definition) is 15. The molecule has 3 atom stereocenters. The Balaban J connectivity index is 0.763. The fourth-order valence-electron chi connectivity index (χ4n) is 8.69. The summed E-state index contributed by atoms with van der Waals surface area (Å²) in [6, 6.07) is 17.3. The molecule has 23 heteroatoms. The molecule has 18 nitrogen and oxygen atoms in total. The van der Waals surface area contributed by atoms with Gasteiger partial charge in [0, 0.05) is 38.4 Å². The van der Waals surface area contributed by atoms with Crippen LogP contribution in [0.2, 0.25) is 0 Å². The topological polar surface area (TPSA) is 214 Å². The zero-order valence-corrected chi connectivity index (χ0v) is 46.3. The summed E-state index contributed by atoms with van der Waals surface area (Å²) in [6.45, 7) is 14.1. The third-order valence-electron chi connectivity index (χ3n) is 12.8. The number of benzene rings is 3. The normalized spacial score (nSPS) is 16.9. The predicted octanol–water partition coefficient (Wildman–Crippen LogP) is 6.98. The highest BCUT2D eigenvalue weighted by atomic mass is 32.1. The maximum Gasteiger partial charge on any atom is 0.417 e. The van der Waals surface area contributed by atoms with Gasteiger partial charge in [0.15, 0.2) is 5.11 Å². The van der Waals surface area contributed by atoms with Gasteiger partial charge in [-0.2, -0.15) is 18.4 Å². The summed E-state index contributed by atoms with van der Waals surface area (Å²) in [5, 5.41) is 25.4. The minimum Gasteiger partial charge on any atom is -0.491 e. The van der Waals surface area contributed by atoms with Crippen LogP contribution in [0.4, 0.5) is 24.5 Å². The van der Waals surface area contributed by atoms with Crippen molar-refractivity contribution in [3.8, 4) is 22.3 Å². The number of nitrogens with zero attached hydrogens (tertiary/aromatic N) is 5. The lowest BCUT2D eigenvalue weighted by atomic mass is 9.85. The van der Waals surface area contributed by atoms with E-state index >= 15 is 0 Å². The molecule has 0 aliphatic carbocycles. The Labute approximate surface area is 462 Å². The molecule has 78 heavy (non-hydrogen) atoms. The largest absolute Gasteiger partial charge is 0.491 e. The quantitative estimate of drug-likeness (QED) is 0.0387. The number of thiocarbonyl (C=S) groups is 1. The lowest BCUT2D eigenvalue weighted by Crippen LogP contribution is -2.58. The number of alkyl halides is 3. The standard InChI is InChI=1S/C55H68F3N7O11S2/c1-36-47(78-35-61-36)38-11-9-37(10-12-38)32-60-49(68)45-30-42(66)33-63(45)50(69)48(53(2,3)4)62-46(67)34-75-26-25-73-23-21-71-19-7-8-20-72-22-24-74-27-28-76-43-17-15-40(16-18-43)65-52(77)64(51(70)54(65,5)6)41-14-13-39(31-59)44(29-41)55(56,57)58/h9-18,29,35,42,45,48,66H,7-8,19-28,30,32-34H2,1-6H3,(H,60,68)(H,62,67)/t42?,45-,48?/m0/s1. The zero-order valence-electron chi connectivity index (χ0n) is 44.7. The molecule has 2 saturated heterocycles. The van der Waals surface area contributed by atoms with Gasteiger partial charge in [-0.3, -0.25) is 24.1 Å². The molecule has 3 aromatic carbocycles. The van der Waals surface area contributed by atoms with Crippen LogP contribution in [0, 0.1) is 23.7 Å². The number of nitrogens with one attached hydrogen (secondary N) is 2. The highest BCUT2D eigenvalue weighted by Crippen LogP contribution is 2.40. The van der Waals surface area contributed by atoms with Gasteiger partial charge >= 0.3 is 6.18 Å². The fourth-order valence-corrected chi connectivity index (χ4v) is 10.0. The number of unbranched alkanes of at least 4 members (excludes halogenated alkanes) is 1. The van der Waals surface area contributed by atoms with Gasteiger partial charge < -0.3 is 54.0 Å². The lowest BCUT2D eigenvalue weighted by Gasteiger charge is -2.35. The number of likely N-dealkylation sites (tertiary alicyclic amines) is 1. The van der Waals surface area contributed by atoms with E-state index in [1.807, 2.05) is 52.0 Å². The highest BCUT2D eigenvalue weighted by molar-refractivity contribution is 7.81. The van der Waals surface area contributed by atoms with Crippen molar-refractivity contribution >= 4 is 63.7 Å². The monoisotopic (exact) mass is 1120 g/mol. The number of aliphatic hydroxyl groups is 1. The Bertz CT molecular complexity index is 2710. The van der Waals surface area contributed by atoms with Crippen LogP contribution in [0.15, 0.2) is 72.2 Å². The van der Waals surface area contributed by atoms with Crippen molar-refractivity contribution in [3.63, 3.8) is 0 Å². The first-order valence-corrected chi connectivity index (χ1v) is 26.9. The third-order valence-corrected chi connectivity index (χ3v) is 14.2. The van der Waals surface area contributed by atoms with Crippen LogP contribution in [0.25, 0.3) is 10.4 Å². The summed E-state index contributed by atoms with van der Waals surface area (Å²) in [4.78, 5) is 63.1. The molecule has 2 fully saturated rings. The van der Waals surface area contributed by atoms with Gasteiger partial charge in [-0.1, -0.05) is 45.0 Å². The highest BCUT2D eigenvalue weighted by Gasteiger charge is 2.51. The SMILES string of the molecule is Cc1ncsc1-c1ccc(CNC(=O)[C@@H]2CC(O)CN2C(=O)C(NC(=O)COCCOCCOCCCCOCCOCCOc2ccc(N3C(=S)N(c4ccc(C#N)c(C(F)(F)F)c4)C(=O)C3(C)C)cc2)C(C)(C)C)cc1. The number of aliphatic hydroxyl groups excluding tert-OH is 1. The third kappa shape index (κ3) is 16.5. The van der Waals surface area contributed by atoms with Gasteiger partial charge in [0.25, 0.3) is 5.91 Å². The molecule has 3 heterocycles. The molecule has 4 aromatic rings. The van der Waals surface area contributed by atoms with Crippen molar-refractivity contribution < 1.29 is 65.9 Å². The number of β-amino-alcohol motifs (C(OH)–C–C–N with tert-alkyl or cyclic N) is 1. The molecule has 3 N–H and O–H groups in total. The number of hydrogen-bond donors (Lipinski definition) is 3. The van der Waals surface area contributed by atoms with Gasteiger partial charge in [-0.05, 0) is 105 Å². The second-order valence-electron chi connectivity index (χ2n) is 20.2. The molecule has 4 amide bonds. The van der Waals surface area contributed by atoms with E-state index in [2.05, 4.69) is 15.6 Å². The van der Waals surface area contributed by atoms with Crippen LogP contribution in [0.3, 0.4) is 0 Å². The predicted molar refractivity (Wildman–Crippen MR) is 290 cm³/mol. The van der Waals surface area contributed by atoms with Gasteiger partial charge in [0.05, 0.1) is 91.3 Å². The van der Waals surface area contributed by atoms with E-state index in [4.69, 9.17) is 40.6 Å². The van der Waals surface area contributed by atoms with Gasteiger partial charge in [-0.15, -0.1) is 11.3 Å². The van der Waals surface area contributed by atoms with E-state index in [0.29, 0.717) is 57.7 Å². The number of amides is 4. The van der Waals surface area contributed by atoms with Crippen LogP contribution < -0.4 is 25.2 Å². The first kappa shape index (κ1) is 61.1. The van der Waals surface area contributed by atoms with Gasteiger partial charge in [0.1, 0.15) is 36.6 Å². The van der Waals surface area contributed by atoms with Crippen molar-refractivity contribution in [2.75, 3.05) is 89.0 Å². The van der Waals surface area contributed by atoms with E-state index < -0.39 is 64.2 Å². The number of aromatic nitrogens is 1. The maximum atomic E-state index is 13.9. The summed E-state index contributed by atoms with van der Waals surface area (Å²) < 4.78 is 74.8. The van der Waals surface area contributed by atoms with Crippen LogP contribution in [-0.2, 0) is 55.6 Å². The van der Waals surface area contributed by atoms with Crippen LogP contribution in [0.1, 0.15) is 76.3 Å². The average molecular weight is 1120 g/mol. The fraction of sp³-hybridized carbons (Fsp3) is 0.509. The van der Waals surface area contributed by atoms with Crippen LogP contribution in [0.5, 0.6) is 5.75 Å². The number of thiazole rings is 1. The number of rotatable bonds is 28. The summed E-state index contributed by atoms with van der Waals surface area (Å²) in [5.41, 5.74) is 1.47. The molecule has 0 spiro atoms. The first-order chi connectivity index (χ1) is 37.1. The molecule has 1 aromatic heterocycles. The average Bonchev–Trinajstić information content (AvgIpc) is 4.20. The molecule has 0 radical (unpaired) electrons. The van der Waals surface area contributed by atoms with Crippen molar-refractivity contribution in [1.29, 1.82) is 5.26 Å². The molecule has 0 bridgehead atoms. The Morgan fingerprint density at radius 2 is 1.46 bits per heavy atom. The molecular weight excluding hydrogens is 1060 g/mol. The number of anilines is 2. The van der Waals surface area contributed by atoms with E-state index in [1.165, 1.54) is 11.0 Å². The lowest BCUT2D eigenvalue weighted by molar-refractivity contribution is -0.144. The second kappa shape index (κ2) is 28.2. The number of aryl methyl sites for hydroxylation is 1. The number of ether oxygens (including phenoxy) is 6. The molecule has 422 valence electrons. The Morgan fingerprint density at radius 1 is 0.872 bits per heavy atom. The maximum absolute atomic E-state index is 13.9. The van der Waals surface area contributed by atoms with Crippen LogP contribution in [-0.4, -0.2) is 147 Å². The van der Waals surface area contributed by atoms with Crippen molar-refractivity contribution in [2.45, 2.75) is 97.3 Å². The number of carbonyl (C=O) groups excluding carboxylic acids is 4. The van der Waals surface area contributed by atoms with E-state index in [-0.39, 0.29) is 62.6 Å². The Kier molecular flexibility index (Phi) is 22.1. The van der Waals surface area contributed by atoms with E-state index in [9.17, 15) is 42.7 Å². The van der Waals surface area contributed by atoms with Gasteiger partial charge in [-0.25, -0.2) is 4.98 Å². The second-order valence-corrected chi connectivity index (χ2v) is 21.4. The van der Waals surface area contributed by atoms with Gasteiger partial charge in [0.2, 0.25) is 17.7 Å². The Hall–Kier alpha value is -6.10. The molecule has 2 unspecified atom stereocenters. The molecule has 6 rings (SSSR count). The summed E-state index contributed by atoms with van der Waals surface area (Å²) in [5.74, 6) is -1.33. The number of carbonyl (C=O) groups is 4. The van der Waals surface area contributed by atoms with E-state index in [1.54, 1.807) is 65.9 Å². The van der Waals surface area contributed by atoms with Crippen molar-refractivity contribution in [1.82, 2.24) is 20.5 Å². The minimum absolute atomic E-state index is 0.00644. The van der Waals surface area contributed by atoms with Crippen molar-refractivity contribution in [2.24, 2.45) is 5.41 Å². The number of halogens is 3.